The number of nitrogens with one attached hydrogen (secondary N) is 1. The first kappa shape index (κ1) is 21.0. The zero-order valence-corrected chi connectivity index (χ0v) is 16.1. The molecule has 2 aromatic carbocycles. The second kappa shape index (κ2) is 9.59. The average Bonchev–Trinajstić information content (AvgIpc) is 2.65. The van der Waals surface area contributed by atoms with Gasteiger partial charge < -0.3 is 10.1 Å². The first-order valence-corrected chi connectivity index (χ1v) is 9.91. The summed E-state index contributed by atoms with van der Waals surface area (Å²) in [6, 6.07) is 12.0. The Balaban J connectivity index is 1.96. The Morgan fingerprint density at radius 3 is 2.37 bits per heavy atom. The van der Waals surface area contributed by atoms with Gasteiger partial charge in [0.2, 0.25) is 15.9 Å². The van der Waals surface area contributed by atoms with Crippen LogP contribution in [0.15, 0.2) is 53.4 Å². The van der Waals surface area contributed by atoms with E-state index in [0.717, 1.165) is 27.6 Å². The van der Waals surface area contributed by atoms with E-state index in [2.05, 4.69) is 5.32 Å². The summed E-state index contributed by atoms with van der Waals surface area (Å²) in [6.45, 7) is 2.87. The van der Waals surface area contributed by atoms with E-state index < -0.39 is 21.7 Å². The fourth-order valence-electron chi connectivity index (χ4n) is 2.41. The fraction of sp³-hybridized carbons (Fsp3) is 0.316. The molecule has 0 radical (unpaired) electrons. The number of rotatable bonds is 9. The van der Waals surface area contributed by atoms with Gasteiger partial charge in [0.05, 0.1) is 18.0 Å². The van der Waals surface area contributed by atoms with Crippen LogP contribution >= 0.6 is 0 Å². The molecule has 2 rings (SSSR count). The second-order valence-electron chi connectivity index (χ2n) is 5.90. The highest BCUT2D eigenvalue weighted by molar-refractivity contribution is 7.89. The molecule has 1 N–H and O–H groups in total. The Labute approximate surface area is 159 Å². The van der Waals surface area contributed by atoms with E-state index in [0.29, 0.717) is 13.2 Å². The predicted octanol–water partition coefficient (Wildman–Crippen LogP) is 2.30. The van der Waals surface area contributed by atoms with E-state index in [-0.39, 0.29) is 18.0 Å². The number of halogens is 1. The van der Waals surface area contributed by atoms with Gasteiger partial charge in [0, 0.05) is 20.2 Å². The lowest BCUT2D eigenvalue weighted by atomic mass is 10.1. The Morgan fingerprint density at radius 2 is 1.74 bits per heavy atom. The Hall–Kier alpha value is -2.29. The molecule has 0 heterocycles. The standard InChI is InChI=1S/C19H23FN2O4S/c1-3-26-14-16-7-5-4-6-15(16)12-21-19(23)13-22(2)27(24,25)18-10-8-17(20)9-11-18/h4-11H,3,12-14H2,1-2H3,(H,21,23). The van der Waals surface area contributed by atoms with Crippen LogP contribution in [0.2, 0.25) is 0 Å². The minimum absolute atomic E-state index is 0.0683. The van der Waals surface area contributed by atoms with Gasteiger partial charge in [-0.15, -0.1) is 0 Å². The molecule has 0 saturated carbocycles. The van der Waals surface area contributed by atoms with Crippen LogP contribution in [0.1, 0.15) is 18.1 Å². The van der Waals surface area contributed by atoms with E-state index in [9.17, 15) is 17.6 Å². The van der Waals surface area contributed by atoms with Crippen LogP contribution in [-0.4, -0.2) is 38.8 Å². The molecule has 0 saturated heterocycles. The summed E-state index contributed by atoms with van der Waals surface area (Å²) in [5.74, 6) is -0.963. The minimum atomic E-state index is -3.87. The van der Waals surface area contributed by atoms with Crippen molar-refractivity contribution < 1.29 is 22.3 Å². The van der Waals surface area contributed by atoms with Crippen LogP contribution in [0.25, 0.3) is 0 Å². The molecular weight excluding hydrogens is 371 g/mol. The number of ether oxygens (including phenoxy) is 1. The summed E-state index contributed by atoms with van der Waals surface area (Å²) < 4.78 is 44.2. The highest BCUT2D eigenvalue weighted by Crippen LogP contribution is 2.15. The number of hydrogen-bond donors (Lipinski definition) is 1. The molecule has 8 heteroatoms. The predicted molar refractivity (Wildman–Crippen MR) is 99.8 cm³/mol. The van der Waals surface area contributed by atoms with Gasteiger partial charge in [-0.05, 0) is 42.3 Å². The molecule has 0 aliphatic heterocycles. The van der Waals surface area contributed by atoms with Gasteiger partial charge in [-0.2, -0.15) is 4.31 Å². The molecule has 6 nitrogen and oxygen atoms in total. The van der Waals surface area contributed by atoms with Crippen LogP contribution in [0.3, 0.4) is 0 Å². The van der Waals surface area contributed by atoms with Crippen molar-refractivity contribution in [2.45, 2.75) is 25.0 Å². The lowest BCUT2D eigenvalue weighted by Crippen LogP contribution is -2.38. The van der Waals surface area contributed by atoms with E-state index in [1.807, 2.05) is 31.2 Å². The molecule has 0 aromatic heterocycles. The van der Waals surface area contributed by atoms with Crippen LogP contribution in [0.5, 0.6) is 0 Å². The van der Waals surface area contributed by atoms with Gasteiger partial charge in [0.15, 0.2) is 0 Å². The van der Waals surface area contributed by atoms with Crippen molar-refractivity contribution in [3.63, 3.8) is 0 Å². The smallest absolute Gasteiger partial charge is 0.243 e. The lowest BCUT2D eigenvalue weighted by Gasteiger charge is -2.17. The Morgan fingerprint density at radius 1 is 1.11 bits per heavy atom. The number of sulfonamides is 1. The lowest BCUT2D eigenvalue weighted by molar-refractivity contribution is -0.121. The summed E-state index contributed by atoms with van der Waals surface area (Å²) in [6.07, 6.45) is 0. The van der Waals surface area contributed by atoms with Gasteiger partial charge in [0.25, 0.3) is 0 Å². The molecule has 0 aliphatic rings. The van der Waals surface area contributed by atoms with Crippen molar-refractivity contribution in [3.05, 3.63) is 65.5 Å². The monoisotopic (exact) mass is 394 g/mol. The van der Waals surface area contributed by atoms with Crippen LogP contribution in [0, 0.1) is 5.82 Å². The summed E-state index contributed by atoms with van der Waals surface area (Å²) in [4.78, 5) is 12.1. The van der Waals surface area contributed by atoms with Gasteiger partial charge in [-0.1, -0.05) is 24.3 Å². The third kappa shape index (κ3) is 5.85. The van der Waals surface area contributed by atoms with Gasteiger partial charge in [-0.25, -0.2) is 12.8 Å². The molecule has 0 atom stereocenters. The van der Waals surface area contributed by atoms with E-state index in [1.54, 1.807) is 0 Å². The molecule has 27 heavy (non-hydrogen) atoms. The van der Waals surface area contributed by atoms with Gasteiger partial charge >= 0.3 is 0 Å². The van der Waals surface area contributed by atoms with Crippen LogP contribution in [-0.2, 0) is 32.7 Å². The van der Waals surface area contributed by atoms with Crippen LogP contribution < -0.4 is 5.32 Å². The zero-order chi connectivity index (χ0) is 19.9. The first-order chi connectivity index (χ1) is 12.8. The van der Waals surface area contributed by atoms with Gasteiger partial charge in [0.1, 0.15) is 5.82 Å². The van der Waals surface area contributed by atoms with Crippen LogP contribution in [0.4, 0.5) is 4.39 Å². The molecule has 0 unspecified atom stereocenters. The number of nitrogens with zero attached hydrogens (tertiary/aromatic N) is 1. The van der Waals surface area contributed by atoms with Crippen molar-refractivity contribution in [2.24, 2.45) is 0 Å². The number of amides is 1. The first-order valence-electron chi connectivity index (χ1n) is 8.47. The third-order valence-corrected chi connectivity index (χ3v) is 5.76. The molecule has 1 amide bonds. The molecule has 0 aliphatic carbocycles. The molecule has 0 bridgehead atoms. The van der Waals surface area contributed by atoms with Crippen molar-refractivity contribution in [3.8, 4) is 0 Å². The Kier molecular flexibility index (Phi) is 7.46. The zero-order valence-electron chi connectivity index (χ0n) is 15.3. The summed E-state index contributed by atoms with van der Waals surface area (Å²) >= 11 is 0. The normalized spacial score (nSPS) is 11.6. The maximum absolute atomic E-state index is 13.0. The quantitative estimate of drug-likeness (QED) is 0.708. The average molecular weight is 394 g/mol. The maximum atomic E-state index is 13.0. The summed E-state index contributed by atoms with van der Waals surface area (Å²) in [5, 5.41) is 2.72. The van der Waals surface area contributed by atoms with Crippen molar-refractivity contribution in [2.75, 3.05) is 20.2 Å². The number of likely N-dealkylation sites (N-methyl/N-ethyl adjacent to an activating group) is 1. The Bertz CT molecular complexity index is 870. The van der Waals surface area contributed by atoms with E-state index >= 15 is 0 Å². The molecule has 146 valence electrons. The maximum Gasteiger partial charge on any atom is 0.243 e. The topological polar surface area (TPSA) is 75.7 Å². The molecule has 0 spiro atoms. The third-order valence-electron chi connectivity index (χ3n) is 3.94. The molecule has 0 fully saturated rings. The highest BCUT2D eigenvalue weighted by atomic mass is 32.2. The number of carbonyl (C=O) groups is 1. The fourth-order valence-corrected chi connectivity index (χ4v) is 3.53. The van der Waals surface area contributed by atoms with Gasteiger partial charge in [-0.3, -0.25) is 4.79 Å². The second-order valence-corrected chi connectivity index (χ2v) is 7.94. The van der Waals surface area contributed by atoms with Crippen molar-refractivity contribution in [1.82, 2.24) is 9.62 Å². The van der Waals surface area contributed by atoms with Crippen molar-refractivity contribution in [1.29, 1.82) is 0 Å². The minimum Gasteiger partial charge on any atom is -0.377 e. The largest absolute Gasteiger partial charge is 0.377 e. The number of benzene rings is 2. The SMILES string of the molecule is CCOCc1ccccc1CNC(=O)CN(C)S(=O)(=O)c1ccc(F)cc1. The highest BCUT2D eigenvalue weighted by Gasteiger charge is 2.22. The number of hydrogen-bond acceptors (Lipinski definition) is 4. The molecule has 2 aromatic rings. The molecular formula is C19H23FN2O4S. The van der Waals surface area contributed by atoms with Crippen molar-refractivity contribution >= 4 is 15.9 Å². The van der Waals surface area contributed by atoms with E-state index in [1.165, 1.54) is 19.2 Å². The number of carbonyl (C=O) groups excluding carboxylic acids is 1. The van der Waals surface area contributed by atoms with E-state index in [4.69, 9.17) is 4.74 Å². The summed E-state index contributed by atoms with van der Waals surface area (Å²) in [7, 11) is -2.56. The summed E-state index contributed by atoms with van der Waals surface area (Å²) in [5.41, 5.74) is 1.87.